The third-order valence-electron chi connectivity index (χ3n) is 6.25. The summed E-state index contributed by atoms with van der Waals surface area (Å²) in [7, 11) is -4.44. The monoisotopic (exact) mass is 569 g/mol. The van der Waals surface area contributed by atoms with Crippen molar-refractivity contribution in [3.8, 4) is 5.75 Å². The maximum absolute atomic E-state index is 14.2. The number of hydrogen-bond donors (Lipinski definition) is 0. The number of carbonyl (C=O) groups is 1. The molecule has 3 aromatic rings. The number of sulfonamides is 1. The van der Waals surface area contributed by atoms with Gasteiger partial charge in [0.15, 0.2) is 0 Å². The summed E-state index contributed by atoms with van der Waals surface area (Å²) in [4.78, 5) is 11.0. The maximum atomic E-state index is 14.2. The van der Waals surface area contributed by atoms with Gasteiger partial charge in [-0.15, -0.1) is 0 Å². The highest BCUT2D eigenvalue weighted by Crippen LogP contribution is 2.40. The van der Waals surface area contributed by atoms with Crippen LogP contribution in [0.2, 0.25) is 5.02 Å². The molecule has 0 saturated carbocycles. The van der Waals surface area contributed by atoms with Crippen LogP contribution in [0.1, 0.15) is 36.5 Å². The van der Waals surface area contributed by atoms with Crippen molar-refractivity contribution in [2.24, 2.45) is 0 Å². The quantitative estimate of drug-likeness (QED) is 0.286. The smallest absolute Gasteiger partial charge is 0.416 e. The predicted octanol–water partition coefficient (Wildman–Crippen LogP) is 6.61. The molecule has 0 bridgehead atoms. The highest BCUT2D eigenvalue weighted by atomic mass is 35.5. The van der Waals surface area contributed by atoms with Gasteiger partial charge in [0.05, 0.1) is 22.7 Å². The first-order chi connectivity index (χ1) is 17.9. The number of aryl methyl sites for hydroxylation is 1. The molecule has 0 saturated heterocycles. The van der Waals surface area contributed by atoms with E-state index >= 15 is 0 Å². The first-order valence-corrected chi connectivity index (χ1v) is 13.6. The topological polar surface area (TPSA) is 63.7 Å². The Morgan fingerprint density at radius 2 is 1.82 bits per heavy atom. The van der Waals surface area contributed by atoms with E-state index in [-0.39, 0.29) is 48.0 Å². The SMILES string of the molecule is CC(=O)CCC1CN(S(=O)(=O)c2cccc(C(F)(F)F)c2)c2cc(CCc3c(F)cccc3Cl)ccc2O1. The van der Waals surface area contributed by atoms with Crippen LogP contribution in [0.25, 0.3) is 0 Å². The van der Waals surface area contributed by atoms with Crippen LogP contribution in [0.15, 0.2) is 65.6 Å². The molecule has 4 rings (SSSR count). The van der Waals surface area contributed by atoms with Crippen LogP contribution in [-0.2, 0) is 33.8 Å². The zero-order valence-electron chi connectivity index (χ0n) is 20.3. The van der Waals surface area contributed by atoms with Crippen LogP contribution in [0.4, 0.5) is 23.2 Å². The van der Waals surface area contributed by atoms with Crippen LogP contribution in [0, 0.1) is 5.82 Å². The molecule has 3 aromatic carbocycles. The Labute approximate surface area is 223 Å². The number of nitrogens with zero attached hydrogens (tertiary/aromatic N) is 1. The minimum Gasteiger partial charge on any atom is -0.486 e. The predicted molar refractivity (Wildman–Crippen MR) is 136 cm³/mol. The van der Waals surface area contributed by atoms with Gasteiger partial charge in [0, 0.05) is 17.0 Å². The molecule has 1 aliphatic rings. The number of halogens is 5. The molecule has 0 aromatic heterocycles. The van der Waals surface area contributed by atoms with E-state index in [4.69, 9.17) is 16.3 Å². The summed E-state index contributed by atoms with van der Waals surface area (Å²) < 4.78 is 88.5. The van der Waals surface area contributed by atoms with Gasteiger partial charge in [0.2, 0.25) is 0 Å². The van der Waals surface area contributed by atoms with E-state index in [1.807, 2.05) is 0 Å². The van der Waals surface area contributed by atoms with Crippen molar-refractivity contribution in [2.75, 3.05) is 10.8 Å². The fraction of sp³-hybridized carbons (Fsp3) is 0.296. The molecule has 38 heavy (non-hydrogen) atoms. The van der Waals surface area contributed by atoms with Gasteiger partial charge in [0.1, 0.15) is 23.5 Å². The summed E-state index contributed by atoms with van der Waals surface area (Å²) in [5.41, 5.74) is 0.0355. The summed E-state index contributed by atoms with van der Waals surface area (Å²) in [6, 6.07) is 12.8. The number of carbonyl (C=O) groups excluding carboxylic acids is 1. The summed E-state index contributed by atoms with van der Waals surface area (Å²) in [5, 5.41) is 0.272. The molecular formula is C27H24ClF4NO4S. The molecule has 0 N–H and O–H groups in total. The number of alkyl halides is 3. The first-order valence-electron chi connectivity index (χ1n) is 11.8. The zero-order chi connectivity index (χ0) is 27.7. The minimum atomic E-state index is -4.72. The van der Waals surface area contributed by atoms with Crippen molar-refractivity contribution in [3.63, 3.8) is 0 Å². The molecule has 0 aliphatic carbocycles. The number of Topliss-reactive ketones (excluding diaryl/α,β-unsaturated/α-hetero) is 1. The molecule has 1 aliphatic heterocycles. The highest BCUT2D eigenvalue weighted by Gasteiger charge is 2.37. The van der Waals surface area contributed by atoms with Crippen molar-refractivity contribution in [1.29, 1.82) is 0 Å². The third kappa shape index (κ3) is 6.13. The first kappa shape index (κ1) is 27.9. The Bertz CT molecular complexity index is 1440. The van der Waals surface area contributed by atoms with Crippen LogP contribution >= 0.6 is 11.6 Å². The van der Waals surface area contributed by atoms with E-state index < -0.39 is 38.6 Å². The van der Waals surface area contributed by atoms with Crippen LogP contribution in [0.5, 0.6) is 5.75 Å². The van der Waals surface area contributed by atoms with Crippen molar-refractivity contribution >= 4 is 33.1 Å². The molecule has 0 fully saturated rings. The molecule has 0 spiro atoms. The Morgan fingerprint density at radius 3 is 2.50 bits per heavy atom. The van der Waals surface area contributed by atoms with Gasteiger partial charge in [-0.3, -0.25) is 4.31 Å². The molecule has 1 heterocycles. The lowest BCUT2D eigenvalue weighted by Gasteiger charge is -2.36. The molecule has 202 valence electrons. The maximum Gasteiger partial charge on any atom is 0.416 e. The van der Waals surface area contributed by atoms with E-state index in [2.05, 4.69) is 0 Å². The summed E-state index contributed by atoms with van der Waals surface area (Å²) in [5.74, 6) is -0.345. The zero-order valence-corrected chi connectivity index (χ0v) is 21.8. The van der Waals surface area contributed by atoms with Gasteiger partial charge in [-0.05, 0) is 74.2 Å². The standard InChI is InChI=1S/C27H24ClF4NO4S/c1-17(34)8-11-20-16-33(38(35,36)21-5-2-4-19(15-21)27(30,31)32)25-14-18(10-13-26(25)37-20)9-12-22-23(28)6-3-7-24(22)29/h2-7,10,13-15,20H,8-9,11-12,16H2,1H3. The van der Waals surface area contributed by atoms with E-state index in [1.165, 1.54) is 19.1 Å². The van der Waals surface area contributed by atoms with Crippen molar-refractivity contribution in [2.45, 2.75) is 49.8 Å². The van der Waals surface area contributed by atoms with E-state index in [0.29, 0.717) is 23.6 Å². The van der Waals surface area contributed by atoms with Gasteiger partial charge >= 0.3 is 6.18 Å². The molecule has 0 amide bonds. The van der Waals surface area contributed by atoms with Crippen molar-refractivity contribution < 1.29 is 35.5 Å². The second-order valence-electron chi connectivity index (χ2n) is 9.04. The average molecular weight is 570 g/mol. The lowest BCUT2D eigenvalue weighted by Crippen LogP contribution is -2.43. The Hall–Kier alpha value is -3.11. The van der Waals surface area contributed by atoms with E-state index in [0.717, 1.165) is 22.5 Å². The number of anilines is 1. The second kappa shape index (κ2) is 10.9. The van der Waals surface area contributed by atoms with Crippen molar-refractivity contribution in [3.05, 3.63) is 88.2 Å². The number of benzene rings is 3. The fourth-order valence-corrected chi connectivity index (χ4v) is 6.06. The minimum absolute atomic E-state index is 0.103. The summed E-state index contributed by atoms with van der Waals surface area (Å²) in [6.07, 6.45) is -4.46. The Balaban J connectivity index is 1.71. The van der Waals surface area contributed by atoms with E-state index in [1.54, 1.807) is 24.3 Å². The summed E-state index contributed by atoms with van der Waals surface area (Å²) in [6.45, 7) is 1.21. The third-order valence-corrected chi connectivity index (χ3v) is 8.38. The van der Waals surface area contributed by atoms with Crippen LogP contribution < -0.4 is 9.04 Å². The van der Waals surface area contributed by atoms with Gasteiger partial charge in [-0.25, -0.2) is 12.8 Å². The molecule has 5 nitrogen and oxygen atoms in total. The molecule has 1 atom stereocenters. The Morgan fingerprint density at radius 1 is 1.08 bits per heavy atom. The van der Waals surface area contributed by atoms with Gasteiger partial charge in [-0.1, -0.05) is 29.8 Å². The lowest BCUT2D eigenvalue weighted by atomic mass is 10.0. The van der Waals surface area contributed by atoms with Crippen LogP contribution in [-0.4, -0.2) is 26.8 Å². The highest BCUT2D eigenvalue weighted by molar-refractivity contribution is 7.92. The van der Waals surface area contributed by atoms with Gasteiger partial charge in [-0.2, -0.15) is 13.2 Å². The second-order valence-corrected chi connectivity index (χ2v) is 11.3. The lowest BCUT2D eigenvalue weighted by molar-refractivity contribution is -0.137. The molecule has 1 unspecified atom stereocenters. The number of hydrogen-bond acceptors (Lipinski definition) is 4. The summed E-state index contributed by atoms with van der Waals surface area (Å²) >= 11 is 6.12. The number of ketones is 1. The number of ether oxygens (including phenoxy) is 1. The van der Waals surface area contributed by atoms with Crippen LogP contribution in [0.3, 0.4) is 0 Å². The number of fused-ring (bicyclic) bond motifs is 1. The van der Waals surface area contributed by atoms with Gasteiger partial charge < -0.3 is 9.53 Å². The number of rotatable bonds is 8. The van der Waals surface area contributed by atoms with E-state index in [9.17, 15) is 30.8 Å². The van der Waals surface area contributed by atoms with Crippen molar-refractivity contribution in [1.82, 2.24) is 0 Å². The molecule has 11 heteroatoms. The average Bonchev–Trinajstić information content (AvgIpc) is 2.86. The molecule has 0 radical (unpaired) electrons. The Kier molecular flexibility index (Phi) is 8.04. The van der Waals surface area contributed by atoms with Gasteiger partial charge in [0.25, 0.3) is 10.0 Å². The fourth-order valence-electron chi connectivity index (χ4n) is 4.26. The normalized spacial score (nSPS) is 15.6. The molecular weight excluding hydrogens is 546 g/mol. The largest absolute Gasteiger partial charge is 0.486 e.